The molecule has 4 nitrogen and oxygen atoms in total. The van der Waals surface area contributed by atoms with E-state index < -0.39 is 17.7 Å². The van der Waals surface area contributed by atoms with Gasteiger partial charge in [-0.25, -0.2) is 9.18 Å². The molecule has 0 unspecified atom stereocenters. The standard InChI is InChI=1S/C10H10FNO3/c1-5-3-7(11)4-6(2)8(5)12-9(13)10(14)15/h3-4H,1-2H3,(H,12,13)(H,14,15). The molecule has 0 saturated heterocycles. The van der Waals surface area contributed by atoms with Crippen molar-refractivity contribution < 1.29 is 19.1 Å². The Kier molecular flexibility index (Phi) is 3.04. The number of benzene rings is 1. The first kappa shape index (κ1) is 11.2. The smallest absolute Gasteiger partial charge is 0.394 e. The third kappa shape index (κ3) is 2.52. The van der Waals surface area contributed by atoms with Gasteiger partial charge in [0.2, 0.25) is 0 Å². The van der Waals surface area contributed by atoms with Crippen LogP contribution in [0, 0.1) is 19.7 Å². The molecule has 15 heavy (non-hydrogen) atoms. The van der Waals surface area contributed by atoms with Crippen molar-refractivity contribution in [2.45, 2.75) is 13.8 Å². The van der Waals surface area contributed by atoms with E-state index in [4.69, 9.17) is 5.11 Å². The molecule has 0 fully saturated rings. The number of carbonyl (C=O) groups excluding carboxylic acids is 1. The number of aliphatic carboxylic acids is 1. The molecule has 80 valence electrons. The normalized spacial score (nSPS) is 9.80. The molecule has 2 N–H and O–H groups in total. The van der Waals surface area contributed by atoms with E-state index in [-0.39, 0.29) is 0 Å². The summed E-state index contributed by atoms with van der Waals surface area (Å²) in [6.45, 7) is 3.18. The highest BCUT2D eigenvalue weighted by atomic mass is 19.1. The first-order chi connectivity index (χ1) is 6.91. The number of carbonyl (C=O) groups is 2. The van der Waals surface area contributed by atoms with Crippen LogP contribution in [0.4, 0.5) is 10.1 Å². The Labute approximate surface area is 85.7 Å². The lowest BCUT2D eigenvalue weighted by atomic mass is 10.1. The summed E-state index contributed by atoms with van der Waals surface area (Å²) in [4.78, 5) is 21.2. The molecule has 0 saturated carbocycles. The SMILES string of the molecule is Cc1cc(F)cc(C)c1NC(=O)C(=O)O. The fourth-order valence-electron chi connectivity index (χ4n) is 1.27. The first-order valence-electron chi connectivity index (χ1n) is 4.23. The molecule has 0 bridgehead atoms. The molecule has 1 rings (SSSR count). The van der Waals surface area contributed by atoms with E-state index in [1.807, 2.05) is 0 Å². The number of aryl methyl sites for hydroxylation is 2. The van der Waals surface area contributed by atoms with Crippen LogP contribution in [0.1, 0.15) is 11.1 Å². The van der Waals surface area contributed by atoms with E-state index in [0.717, 1.165) is 0 Å². The topological polar surface area (TPSA) is 66.4 Å². The van der Waals surface area contributed by atoms with Gasteiger partial charge in [0.1, 0.15) is 5.82 Å². The van der Waals surface area contributed by atoms with Gasteiger partial charge < -0.3 is 10.4 Å². The van der Waals surface area contributed by atoms with Gasteiger partial charge in [0.05, 0.1) is 0 Å². The van der Waals surface area contributed by atoms with Crippen LogP contribution < -0.4 is 5.32 Å². The summed E-state index contributed by atoms with van der Waals surface area (Å²) in [6, 6.07) is 2.45. The third-order valence-electron chi connectivity index (χ3n) is 1.93. The van der Waals surface area contributed by atoms with Crippen LogP contribution in [-0.4, -0.2) is 17.0 Å². The highest BCUT2D eigenvalue weighted by Crippen LogP contribution is 2.21. The van der Waals surface area contributed by atoms with Crippen LogP contribution in [-0.2, 0) is 9.59 Å². The molecule has 0 aliphatic rings. The van der Waals surface area contributed by atoms with Gasteiger partial charge in [0, 0.05) is 5.69 Å². The quantitative estimate of drug-likeness (QED) is 0.691. The molecular weight excluding hydrogens is 201 g/mol. The van der Waals surface area contributed by atoms with E-state index in [2.05, 4.69) is 5.32 Å². The van der Waals surface area contributed by atoms with Crippen molar-refractivity contribution in [3.05, 3.63) is 29.1 Å². The second-order valence-electron chi connectivity index (χ2n) is 3.17. The Balaban J connectivity index is 3.05. The summed E-state index contributed by atoms with van der Waals surface area (Å²) in [6.07, 6.45) is 0. The summed E-state index contributed by atoms with van der Waals surface area (Å²) in [5.41, 5.74) is 1.31. The zero-order chi connectivity index (χ0) is 11.6. The number of carboxylic acids is 1. The van der Waals surface area contributed by atoms with Crippen molar-refractivity contribution in [1.29, 1.82) is 0 Å². The summed E-state index contributed by atoms with van der Waals surface area (Å²) in [5, 5.41) is 10.6. The summed E-state index contributed by atoms with van der Waals surface area (Å²) in [7, 11) is 0. The number of carboxylic acid groups (broad SMARTS) is 1. The van der Waals surface area contributed by atoms with E-state index in [9.17, 15) is 14.0 Å². The van der Waals surface area contributed by atoms with Crippen LogP contribution in [0.15, 0.2) is 12.1 Å². The molecule has 0 heterocycles. The minimum Gasteiger partial charge on any atom is -0.474 e. The average molecular weight is 211 g/mol. The highest BCUT2D eigenvalue weighted by Gasteiger charge is 2.14. The van der Waals surface area contributed by atoms with Crippen molar-refractivity contribution in [3.8, 4) is 0 Å². The lowest BCUT2D eigenvalue weighted by molar-refractivity contribution is -0.147. The fraction of sp³-hybridized carbons (Fsp3) is 0.200. The molecule has 5 heteroatoms. The van der Waals surface area contributed by atoms with E-state index in [0.29, 0.717) is 16.8 Å². The minimum atomic E-state index is -1.57. The Morgan fingerprint density at radius 3 is 2.13 bits per heavy atom. The van der Waals surface area contributed by atoms with E-state index in [1.54, 1.807) is 13.8 Å². The maximum absolute atomic E-state index is 12.9. The maximum Gasteiger partial charge on any atom is 0.394 e. The van der Waals surface area contributed by atoms with Gasteiger partial charge in [0.15, 0.2) is 0 Å². The Morgan fingerprint density at radius 2 is 1.73 bits per heavy atom. The van der Waals surface area contributed by atoms with Crippen LogP contribution in [0.25, 0.3) is 0 Å². The van der Waals surface area contributed by atoms with E-state index in [1.165, 1.54) is 12.1 Å². The fourth-order valence-corrected chi connectivity index (χ4v) is 1.27. The van der Waals surface area contributed by atoms with Crippen molar-refractivity contribution >= 4 is 17.6 Å². The van der Waals surface area contributed by atoms with Gasteiger partial charge in [-0.2, -0.15) is 0 Å². The van der Waals surface area contributed by atoms with Crippen molar-refractivity contribution in [1.82, 2.24) is 0 Å². The summed E-state index contributed by atoms with van der Waals surface area (Å²) in [5.74, 6) is -3.12. The summed E-state index contributed by atoms with van der Waals surface area (Å²) >= 11 is 0. The number of anilines is 1. The largest absolute Gasteiger partial charge is 0.474 e. The first-order valence-corrected chi connectivity index (χ1v) is 4.23. The highest BCUT2D eigenvalue weighted by molar-refractivity contribution is 6.36. The average Bonchev–Trinajstić information content (AvgIpc) is 2.10. The monoisotopic (exact) mass is 211 g/mol. The van der Waals surface area contributed by atoms with Crippen LogP contribution >= 0.6 is 0 Å². The van der Waals surface area contributed by atoms with Crippen molar-refractivity contribution in [2.75, 3.05) is 5.32 Å². The number of rotatable bonds is 1. The van der Waals surface area contributed by atoms with E-state index >= 15 is 0 Å². The number of hydrogen-bond acceptors (Lipinski definition) is 2. The van der Waals surface area contributed by atoms with Gasteiger partial charge in [-0.1, -0.05) is 0 Å². The zero-order valence-corrected chi connectivity index (χ0v) is 8.30. The van der Waals surface area contributed by atoms with Gasteiger partial charge in [-0.3, -0.25) is 4.79 Å². The molecular formula is C10H10FNO3. The van der Waals surface area contributed by atoms with Crippen molar-refractivity contribution in [2.24, 2.45) is 0 Å². The van der Waals surface area contributed by atoms with Gasteiger partial charge in [0.25, 0.3) is 0 Å². The Hall–Kier alpha value is -1.91. The zero-order valence-electron chi connectivity index (χ0n) is 8.30. The van der Waals surface area contributed by atoms with Crippen LogP contribution in [0.5, 0.6) is 0 Å². The predicted molar refractivity (Wildman–Crippen MR) is 52.1 cm³/mol. The second-order valence-corrected chi connectivity index (χ2v) is 3.17. The van der Waals surface area contributed by atoms with Gasteiger partial charge in [-0.15, -0.1) is 0 Å². The number of halogens is 1. The lowest BCUT2D eigenvalue weighted by Gasteiger charge is -2.09. The molecule has 1 aromatic rings. The molecule has 0 atom stereocenters. The third-order valence-corrected chi connectivity index (χ3v) is 1.93. The molecule has 0 spiro atoms. The number of nitrogens with one attached hydrogen (secondary N) is 1. The number of amides is 1. The second kappa shape index (κ2) is 4.08. The Morgan fingerprint density at radius 1 is 1.27 bits per heavy atom. The predicted octanol–water partition coefficient (Wildman–Crippen LogP) is 1.47. The molecule has 0 radical (unpaired) electrons. The van der Waals surface area contributed by atoms with Gasteiger partial charge >= 0.3 is 11.9 Å². The van der Waals surface area contributed by atoms with Crippen LogP contribution in [0.2, 0.25) is 0 Å². The Bertz CT molecular complexity index is 406. The molecule has 0 aromatic heterocycles. The van der Waals surface area contributed by atoms with Gasteiger partial charge in [-0.05, 0) is 37.1 Å². The molecule has 1 aromatic carbocycles. The molecule has 0 aliphatic heterocycles. The summed E-state index contributed by atoms with van der Waals surface area (Å²) < 4.78 is 12.9. The minimum absolute atomic E-state index is 0.337. The molecule has 0 aliphatic carbocycles. The number of hydrogen-bond donors (Lipinski definition) is 2. The van der Waals surface area contributed by atoms with Crippen LogP contribution in [0.3, 0.4) is 0 Å². The lowest BCUT2D eigenvalue weighted by Crippen LogP contribution is -2.22. The molecule has 1 amide bonds. The van der Waals surface area contributed by atoms with Crippen molar-refractivity contribution in [3.63, 3.8) is 0 Å². The maximum atomic E-state index is 12.9.